The van der Waals surface area contributed by atoms with Crippen molar-refractivity contribution in [2.75, 3.05) is 7.05 Å². The molecular formula is C18H18FNS. The molecule has 1 unspecified atom stereocenters. The van der Waals surface area contributed by atoms with Crippen LogP contribution in [0.4, 0.5) is 4.39 Å². The van der Waals surface area contributed by atoms with Crippen molar-refractivity contribution in [1.29, 1.82) is 0 Å². The van der Waals surface area contributed by atoms with Crippen LogP contribution in [0.5, 0.6) is 0 Å². The summed E-state index contributed by atoms with van der Waals surface area (Å²) in [7, 11) is 1.98. The van der Waals surface area contributed by atoms with Crippen molar-refractivity contribution >= 4 is 21.4 Å². The summed E-state index contributed by atoms with van der Waals surface area (Å²) >= 11 is 1.73. The summed E-state index contributed by atoms with van der Waals surface area (Å²) in [5.74, 6) is -0.174. The van der Waals surface area contributed by atoms with Crippen molar-refractivity contribution in [1.82, 2.24) is 5.32 Å². The largest absolute Gasteiger partial charge is 0.312 e. The van der Waals surface area contributed by atoms with Crippen LogP contribution in [0.25, 0.3) is 10.1 Å². The third kappa shape index (κ3) is 3.14. The van der Waals surface area contributed by atoms with E-state index in [-0.39, 0.29) is 11.9 Å². The Labute approximate surface area is 128 Å². The van der Waals surface area contributed by atoms with E-state index in [0.29, 0.717) is 0 Å². The first-order valence-electron chi connectivity index (χ1n) is 7.07. The molecule has 0 fully saturated rings. The SMILES string of the molecule is CNC(Cc1cccc(C)c1)c1cc2cc(F)ccc2s1. The zero-order chi connectivity index (χ0) is 14.8. The van der Waals surface area contributed by atoms with Crippen molar-refractivity contribution in [3.8, 4) is 0 Å². The van der Waals surface area contributed by atoms with Crippen molar-refractivity contribution in [3.63, 3.8) is 0 Å². The van der Waals surface area contributed by atoms with Gasteiger partial charge in [-0.2, -0.15) is 0 Å². The molecule has 0 spiro atoms. The number of nitrogens with one attached hydrogen (secondary N) is 1. The summed E-state index contributed by atoms with van der Waals surface area (Å²) in [6, 6.07) is 15.9. The van der Waals surface area contributed by atoms with Gasteiger partial charge in [0.15, 0.2) is 0 Å². The van der Waals surface area contributed by atoms with E-state index in [0.717, 1.165) is 16.5 Å². The number of fused-ring (bicyclic) bond motifs is 1. The van der Waals surface area contributed by atoms with Gasteiger partial charge in [-0.05, 0) is 55.6 Å². The summed E-state index contributed by atoms with van der Waals surface area (Å²) in [6.45, 7) is 2.11. The van der Waals surface area contributed by atoms with E-state index < -0.39 is 0 Å². The second-order valence-electron chi connectivity index (χ2n) is 5.37. The van der Waals surface area contributed by atoms with E-state index in [4.69, 9.17) is 0 Å². The lowest BCUT2D eigenvalue weighted by molar-refractivity contribution is 0.602. The number of hydrogen-bond acceptors (Lipinski definition) is 2. The lowest BCUT2D eigenvalue weighted by Crippen LogP contribution is -2.17. The van der Waals surface area contributed by atoms with Gasteiger partial charge < -0.3 is 5.32 Å². The van der Waals surface area contributed by atoms with Gasteiger partial charge in [-0.15, -0.1) is 11.3 Å². The molecule has 0 aliphatic heterocycles. The topological polar surface area (TPSA) is 12.0 Å². The molecule has 0 saturated carbocycles. The summed E-state index contributed by atoms with van der Waals surface area (Å²) in [5.41, 5.74) is 2.60. The smallest absolute Gasteiger partial charge is 0.123 e. The van der Waals surface area contributed by atoms with Crippen molar-refractivity contribution in [2.24, 2.45) is 0 Å². The van der Waals surface area contributed by atoms with E-state index in [2.05, 4.69) is 42.6 Å². The monoisotopic (exact) mass is 299 g/mol. The molecule has 21 heavy (non-hydrogen) atoms. The molecular weight excluding hydrogens is 281 g/mol. The number of benzene rings is 2. The molecule has 1 N–H and O–H groups in total. The zero-order valence-corrected chi connectivity index (χ0v) is 13.0. The van der Waals surface area contributed by atoms with Crippen LogP contribution in [-0.4, -0.2) is 7.05 Å². The molecule has 0 aliphatic rings. The van der Waals surface area contributed by atoms with Gasteiger partial charge in [-0.1, -0.05) is 29.8 Å². The zero-order valence-electron chi connectivity index (χ0n) is 12.2. The van der Waals surface area contributed by atoms with Gasteiger partial charge in [-0.3, -0.25) is 0 Å². The van der Waals surface area contributed by atoms with Crippen LogP contribution in [0.1, 0.15) is 22.0 Å². The van der Waals surface area contributed by atoms with Crippen molar-refractivity contribution < 1.29 is 4.39 Å². The molecule has 108 valence electrons. The number of rotatable bonds is 4. The second kappa shape index (κ2) is 5.96. The van der Waals surface area contributed by atoms with Crippen LogP contribution in [0.2, 0.25) is 0 Å². The van der Waals surface area contributed by atoms with Gasteiger partial charge >= 0.3 is 0 Å². The lowest BCUT2D eigenvalue weighted by Gasteiger charge is -2.14. The van der Waals surface area contributed by atoms with Gasteiger partial charge in [0, 0.05) is 15.6 Å². The molecule has 3 rings (SSSR count). The molecule has 1 nitrogen and oxygen atoms in total. The highest BCUT2D eigenvalue weighted by Crippen LogP contribution is 2.32. The molecule has 1 aromatic heterocycles. The van der Waals surface area contributed by atoms with E-state index >= 15 is 0 Å². The molecule has 3 heteroatoms. The predicted octanol–water partition coefficient (Wildman–Crippen LogP) is 4.85. The quantitative estimate of drug-likeness (QED) is 0.726. The van der Waals surface area contributed by atoms with Gasteiger partial charge in [0.05, 0.1) is 0 Å². The van der Waals surface area contributed by atoms with Crippen LogP contribution in [0, 0.1) is 12.7 Å². The summed E-state index contributed by atoms with van der Waals surface area (Å²) in [5, 5.41) is 4.36. The number of likely N-dealkylation sites (N-methyl/N-ethyl adjacent to an activating group) is 1. The Bertz CT molecular complexity index is 763. The maximum atomic E-state index is 13.3. The molecule has 0 bridgehead atoms. The van der Waals surface area contributed by atoms with E-state index in [1.165, 1.54) is 22.1 Å². The first-order valence-corrected chi connectivity index (χ1v) is 7.89. The Morgan fingerprint density at radius 3 is 2.76 bits per heavy atom. The molecule has 1 heterocycles. The van der Waals surface area contributed by atoms with E-state index in [1.54, 1.807) is 17.4 Å². The van der Waals surface area contributed by atoms with Crippen LogP contribution in [0.15, 0.2) is 48.5 Å². The molecule has 0 radical (unpaired) electrons. The fraction of sp³-hybridized carbons (Fsp3) is 0.222. The highest BCUT2D eigenvalue weighted by atomic mass is 32.1. The van der Waals surface area contributed by atoms with E-state index in [1.807, 2.05) is 13.1 Å². The average Bonchev–Trinajstić information content (AvgIpc) is 2.87. The Morgan fingerprint density at radius 1 is 1.14 bits per heavy atom. The van der Waals surface area contributed by atoms with Gasteiger partial charge in [0.1, 0.15) is 5.82 Å². The maximum Gasteiger partial charge on any atom is 0.123 e. The van der Waals surface area contributed by atoms with Gasteiger partial charge in [0.2, 0.25) is 0 Å². The summed E-state index contributed by atoms with van der Waals surface area (Å²) in [4.78, 5) is 1.25. The molecule has 0 amide bonds. The Hall–Kier alpha value is -1.71. The number of aryl methyl sites for hydroxylation is 1. The highest BCUT2D eigenvalue weighted by molar-refractivity contribution is 7.19. The van der Waals surface area contributed by atoms with E-state index in [9.17, 15) is 4.39 Å². The first-order chi connectivity index (χ1) is 10.2. The predicted molar refractivity (Wildman–Crippen MR) is 88.5 cm³/mol. The standard InChI is InChI=1S/C18H18FNS/c1-12-4-3-5-13(8-12)9-16(20-2)18-11-14-10-15(19)6-7-17(14)21-18/h3-8,10-11,16,20H,9H2,1-2H3. The number of halogens is 1. The molecule has 1 atom stereocenters. The van der Waals surface area contributed by atoms with Crippen LogP contribution in [-0.2, 0) is 6.42 Å². The highest BCUT2D eigenvalue weighted by Gasteiger charge is 2.14. The minimum Gasteiger partial charge on any atom is -0.312 e. The van der Waals surface area contributed by atoms with Gasteiger partial charge in [-0.25, -0.2) is 4.39 Å². The minimum atomic E-state index is -0.174. The van der Waals surface area contributed by atoms with Crippen LogP contribution >= 0.6 is 11.3 Å². The molecule has 2 aromatic carbocycles. The molecule has 3 aromatic rings. The van der Waals surface area contributed by atoms with Crippen LogP contribution < -0.4 is 5.32 Å². The average molecular weight is 299 g/mol. The Kier molecular flexibility index (Phi) is 4.04. The lowest BCUT2D eigenvalue weighted by atomic mass is 10.0. The van der Waals surface area contributed by atoms with Gasteiger partial charge in [0.25, 0.3) is 0 Å². The summed E-state index contributed by atoms with van der Waals surface area (Å²) < 4.78 is 14.4. The van der Waals surface area contributed by atoms with Crippen LogP contribution in [0.3, 0.4) is 0 Å². The third-order valence-corrected chi connectivity index (χ3v) is 4.94. The Balaban J connectivity index is 1.90. The minimum absolute atomic E-state index is 0.174. The molecule has 0 aliphatic carbocycles. The second-order valence-corrected chi connectivity index (χ2v) is 6.48. The Morgan fingerprint density at radius 2 is 2.00 bits per heavy atom. The number of hydrogen-bond donors (Lipinski definition) is 1. The number of thiophene rings is 1. The fourth-order valence-corrected chi connectivity index (χ4v) is 3.78. The van der Waals surface area contributed by atoms with Crippen molar-refractivity contribution in [3.05, 3.63) is 70.4 Å². The third-order valence-electron chi connectivity index (χ3n) is 3.71. The normalized spacial score (nSPS) is 12.7. The fourth-order valence-electron chi connectivity index (χ4n) is 2.63. The first kappa shape index (κ1) is 14.2. The summed E-state index contributed by atoms with van der Waals surface area (Å²) in [6.07, 6.45) is 0.938. The maximum absolute atomic E-state index is 13.3. The van der Waals surface area contributed by atoms with Crippen molar-refractivity contribution in [2.45, 2.75) is 19.4 Å². The molecule has 0 saturated heterocycles.